The SMILES string of the molecule is Cc1cccc2nc(C(C)Cl)n(CCCn3cccn3)c12. The van der Waals surface area contributed by atoms with E-state index in [4.69, 9.17) is 16.6 Å². The van der Waals surface area contributed by atoms with Crippen molar-refractivity contribution < 1.29 is 0 Å². The minimum atomic E-state index is -0.0958. The lowest BCUT2D eigenvalue weighted by Crippen LogP contribution is -2.08. The summed E-state index contributed by atoms with van der Waals surface area (Å²) in [6, 6.07) is 8.16. The minimum Gasteiger partial charge on any atom is -0.326 e. The summed E-state index contributed by atoms with van der Waals surface area (Å²) in [6.07, 6.45) is 4.80. The van der Waals surface area contributed by atoms with Crippen LogP contribution >= 0.6 is 11.6 Å². The van der Waals surface area contributed by atoms with E-state index in [9.17, 15) is 0 Å². The number of rotatable bonds is 5. The molecule has 0 aliphatic heterocycles. The zero-order valence-corrected chi connectivity index (χ0v) is 13.1. The van der Waals surface area contributed by atoms with Crippen molar-refractivity contribution in [3.8, 4) is 0 Å². The molecule has 3 rings (SSSR count). The summed E-state index contributed by atoms with van der Waals surface area (Å²) in [5, 5.41) is 4.14. The van der Waals surface area contributed by atoms with Crippen molar-refractivity contribution in [2.45, 2.75) is 38.7 Å². The highest BCUT2D eigenvalue weighted by Gasteiger charge is 2.15. The summed E-state index contributed by atoms with van der Waals surface area (Å²) in [4.78, 5) is 4.70. The molecule has 2 heterocycles. The Hall–Kier alpha value is -1.81. The molecular weight excluding hydrogens is 284 g/mol. The molecule has 0 spiro atoms. The van der Waals surface area contributed by atoms with Crippen molar-refractivity contribution in [3.05, 3.63) is 48.0 Å². The van der Waals surface area contributed by atoms with Crippen LogP contribution in [0.5, 0.6) is 0 Å². The van der Waals surface area contributed by atoms with Gasteiger partial charge in [-0.2, -0.15) is 5.10 Å². The Labute approximate surface area is 129 Å². The van der Waals surface area contributed by atoms with Gasteiger partial charge in [0, 0.05) is 25.5 Å². The quantitative estimate of drug-likeness (QED) is 0.669. The van der Waals surface area contributed by atoms with Crippen LogP contribution in [0, 0.1) is 6.92 Å². The van der Waals surface area contributed by atoms with Gasteiger partial charge < -0.3 is 4.57 Å². The first-order valence-corrected chi connectivity index (χ1v) is 7.67. The van der Waals surface area contributed by atoms with E-state index in [-0.39, 0.29) is 5.38 Å². The molecule has 1 unspecified atom stereocenters. The minimum absolute atomic E-state index is 0.0958. The topological polar surface area (TPSA) is 35.6 Å². The third kappa shape index (κ3) is 2.81. The smallest absolute Gasteiger partial charge is 0.127 e. The van der Waals surface area contributed by atoms with Crippen molar-refractivity contribution in [1.82, 2.24) is 19.3 Å². The number of hydrogen-bond acceptors (Lipinski definition) is 2. The lowest BCUT2D eigenvalue weighted by molar-refractivity contribution is 0.523. The van der Waals surface area contributed by atoms with E-state index in [1.54, 1.807) is 0 Å². The molecular formula is C16H19ClN4. The van der Waals surface area contributed by atoms with E-state index in [2.05, 4.69) is 28.7 Å². The molecule has 0 aliphatic rings. The van der Waals surface area contributed by atoms with Crippen LogP contribution in [-0.2, 0) is 13.1 Å². The van der Waals surface area contributed by atoms with Crippen molar-refractivity contribution in [1.29, 1.82) is 0 Å². The Morgan fingerprint density at radius 3 is 2.81 bits per heavy atom. The van der Waals surface area contributed by atoms with Crippen LogP contribution in [0.4, 0.5) is 0 Å². The Kier molecular flexibility index (Phi) is 3.97. The number of halogens is 1. The number of fused-ring (bicyclic) bond motifs is 1. The van der Waals surface area contributed by atoms with Gasteiger partial charge in [0.1, 0.15) is 5.82 Å². The standard InChI is InChI=1S/C16H19ClN4/c1-12-6-3-7-14-15(12)21(16(19-14)13(2)17)11-5-10-20-9-4-8-18-20/h3-4,6-9,13H,5,10-11H2,1-2H3. The van der Waals surface area contributed by atoms with Crippen molar-refractivity contribution >= 4 is 22.6 Å². The number of hydrogen-bond donors (Lipinski definition) is 0. The zero-order valence-electron chi connectivity index (χ0n) is 12.3. The maximum absolute atomic E-state index is 6.31. The van der Waals surface area contributed by atoms with Gasteiger partial charge in [0.15, 0.2) is 0 Å². The Morgan fingerprint density at radius 2 is 2.10 bits per heavy atom. The van der Waals surface area contributed by atoms with Crippen LogP contribution in [-0.4, -0.2) is 19.3 Å². The first-order chi connectivity index (χ1) is 10.2. The number of para-hydroxylation sites is 1. The molecule has 1 aromatic carbocycles. The van der Waals surface area contributed by atoms with Crippen LogP contribution in [0.15, 0.2) is 36.7 Å². The number of aromatic nitrogens is 4. The van der Waals surface area contributed by atoms with Crippen molar-refractivity contribution in [2.24, 2.45) is 0 Å². The summed E-state index contributed by atoms with van der Waals surface area (Å²) >= 11 is 6.31. The second-order valence-corrected chi connectivity index (χ2v) is 5.96. The van der Waals surface area contributed by atoms with E-state index in [0.29, 0.717) is 0 Å². The van der Waals surface area contributed by atoms with Crippen LogP contribution in [0.3, 0.4) is 0 Å². The van der Waals surface area contributed by atoms with Gasteiger partial charge >= 0.3 is 0 Å². The fraction of sp³-hybridized carbons (Fsp3) is 0.375. The Balaban J connectivity index is 1.90. The maximum Gasteiger partial charge on any atom is 0.127 e. The number of nitrogens with zero attached hydrogens (tertiary/aromatic N) is 4. The van der Waals surface area contributed by atoms with Gasteiger partial charge in [-0.05, 0) is 38.0 Å². The van der Waals surface area contributed by atoms with Crippen molar-refractivity contribution in [2.75, 3.05) is 0 Å². The van der Waals surface area contributed by atoms with Crippen LogP contribution < -0.4 is 0 Å². The number of alkyl halides is 1. The number of imidazole rings is 1. The molecule has 0 N–H and O–H groups in total. The molecule has 21 heavy (non-hydrogen) atoms. The predicted octanol–water partition coefficient (Wildman–Crippen LogP) is 3.93. The molecule has 0 amide bonds. The predicted molar refractivity (Wildman–Crippen MR) is 85.6 cm³/mol. The largest absolute Gasteiger partial charge is 0.326 e. The highest BCUT2D eigenvalue weighted by atomic mass is 35.5. The molecule has 0 fully saturated rings. The Bertz CT molecular complexity index is 728. The molecule has 0 saturated heterocycles. The molecule has 4 nitrogen and oxygen atoms in total. The lowest BCUT2D eigenvalue weighted by atomic mass is 10.2. The molecule has 3 aromatic rings. The fourth-order valence-corrected chi connectivity index (χ4v) is 2.90. The van der Waals surface area contributed by atoms with Gasteiger partial charge in [-0.15, -0.1) is 11.6 Å². The summed E-state index contributed by atoms with van der Waals surface area (Å²) in [5.41, 5.74) is 3.46. The number of benzene rings is 1. The van der Waals surface area contributed by atoms with Gasteiger partial charge in [0.25, 0.3) is 0 Å². The third-order valence-corrected chi connectivity index (χ3v) is 3.88. The van der Waals surface area contributed by atoms with Crippen LogP contribution in [0.2, 0.25) is 0 Å². The van der Waals surface area contributed by atoms with Gasteiger partial charge in [0.05, 0.1) is 16.4 Å². The summed E-state index contributed by atoms with van der Waals surface area (Å²) in [5.74, 6) is 0.946. The van der Waals surface area contributed by atoms with E-state index in [1.807, 2.05) is 36.1 Å². The zero-order chi connectivity index (χ0) is 14.8. The van der Waals surface area contributed by atoms with E-state index >= 15 is 0 Å². The Morgan fingerprint density at radius 1 is 1.24 bits per heavy atom. The van der Waals surface area contributed by atoms with Crippen molar-refractivity contribution in [3.63, 3.8) is 0 Å². The van der Waals surface area contributed by atoms with Gasteiger partial charge in [0.2, 0.25) is 0 Å². The summed E-state index contributed by atoms with van der Waals surface area (Å²) in [6.45, 7) is 5.89. The highest BCUT2D eigenvalue weighted by molar-refractivity contribution is 6.20. The molecule has 0 aliphatic carbocycles. The molecule has 0 bridgehead atoms. The molecule has 5 heteroatoms. The van der Waals surface area contributed by atoms with E-state index < -0.39 is 0 Å². The first kappa shape index (κ1) is 14.1. The fourth-order valence-electron chi connectivity index (χ4n) is 2.74. The highest BCUT2D eigenvalue weighted by Crippen LogP contribution is 2.26. The van der Waals surface area contributed by atoms with E-state index in [0.717, 1.165) is 30.9 Å². The van der Waals surface area contributed by atoms with Crippen LogP contribution in [0.1, 0.15) is 30.1 Å². The second kappa shape index (κ2) is 5.90. The molecule has 0 radical (unpaired) electrons. The van der Waals surface area contributed by atoms with Gasteiger partial charge in [-0.1, -0.05) is 12.1 Å². The van der Waals surface area contributed by atoms with Crippen LogP contribution in [0.25, 0.3) is 11.0 Å². The number of aryl methyl sites for hydroxylation is 3. The van der Waals surface area contributed by atoms with Gasteiger partial charge in [-0.25, -0.2) is 4.98 Å². The monoisotopic (exact) mass is 302 g/mol. The average molecular weight is 303 g/mol. The second-order valence-electron chi connectivity index (χ2n) is 5.30. The lowest BCUT2D eigenvalue weighted by Gasteiger charge is -2.11. The maximum atomic E-state index is 6.31. The summed E-state index contributed by atoms with van der Waals surface area (Å²) in [7, 11) is 0. The first-order valence-electron chi connectivity index (χ1n) is 7.24. The third-order valence-electron chi connectivity index (χ3n) is 3.68. The molecule has 1 atom stereocenters. The molecule has 2 aromatic heterocycles. The van der Waals surface area contributed by atoms with E-state index in [1.165, 1.54) is 11.1 Å². The molecule has 0 saturated carbocycles. The normalized spacial score (nSPS) is 12.9. The summed E-state index contributed by atoms with van der Waals surface area (Å²) < 4.78 is 4.21. The average Bonchev–Trinajstić information content (AvgIpc) is 3.07. The molecule has 110 valence electrons. The van der Waals surface area contributed by atoms with Gasteiger partial charge in [-0.3, -0.25) is 4.68 Å².